The Morgan fingerprint density at radius 2 is 2.07 bits per heavy atom. The maximum atomic E-state index is 11.2. The molecule has 0 saturated carbocycles. The normalized spacial score (nSPS) is 21.6. The van der Waals surface area contributed by atoms with Crippen molar-refractivity contribution in [3.05, 3.63) is 0 Å². The summed E-state index contributed by atoms with van der Waals surface area (Å²) < 4.78 is 25.8. The van der Waals surface area contributed by atoms with Gasteiger partial charge in [0.1, 0.15) is 0 Å². The van der Waals surface area contributed by atoms with Crippen LogP contribution in [-0.2, 0) is 15.0 Å². The summed E-state index contributed by atoms with van der Waals surface area (Å²) in [6.07, 6.45) is 0. The molecule has 0 aliphatic carbocycles. The van der Waals surface area contributed by atoms with Crippen LogP contribution in [-0.4, -0.2) is 43.9 Å². The molecule has 1 aliphatic heterocycles. The van der Waals surface area contributed by atoms with E-state index in [2.05, 4.69) is 4.72 Å². The molecule has 1 fully saturated rings. The molecule has 1 aliphatic rings. The number of carbonyl (C=O) groups is 1. The molecule has 0 aromatic rings. The number of nitrogens with zero attached hydrogens (tertiary/aromatic N) is 1. The Morgan fingerprint density at radius 3 is 2.43 bits per heavy atom. The van der Waals surface area contributed by atoms with Gasteiger partial charge in [-0.3, -0.25) is 4.79 Å². The minimum absolute atomic E-state index is 0.0735. The Labute approximate surface area is 83.1 Å². The van der Waals surface area contributed by atoms with Crippen LogP contribution in [0.25, 0.3) is 0 Å². The molecule has 14 heavy (non-hydrogen) atoms. The van der Waals surface area contributed by atoms with Gasteiger partial charge in [-0.25, -0.2) is 4.72 Å². The summed E-state index contributed by atoms with van der Waals surface area (Å²) in [5, 5.41) is 8.68. The summed E-state index contributed by atoms with van der Waals surface area (Å²) in [6, 6.07) is 0. The first-order valence-electron chi connectivity index (χ1n) is 4.30. The van der Waals surface area contributed by atoms with E-state index in [1.165, 1.54) is 11.4 Å². The van der Waals surface area contributed by atoms with E-state index in [0.29, 0.717) is 0 Å². The number of carboxylic acid groups (broad SMARTS) is 1. The fraction of sp³-hybridized carbons (Fsp3) is 0.857. The highest BCUT2D eigenvalue weighted by molar-refractivity contribution is 7.87. The SMILES string of the molecule is CNS(=O)(=O)N1CC(C(C)C(=O)O)C1. The van der Waals surface area contributed by atoms with Crippen molar-refractivity contribution in [2.75, 3.05) is 20.1 Å². The van der Waals surface area contributed by atoms with Gasteiger partial charge in [-0.2, -0.15) is 12.7 Å². The summed E-state index contributed by atoms with van der Waals surface area (Å²) in [5.41, 5.74) is 0. The van der Waals surface area contributed by atoms with Gasteiger partial charge in [0.25, 0.3) is 10.2 Å². The lowest BCUT2D eigenvalue weighted by molar-refractivity contribution is -0.144. The Hall–Kier alpha value is -0.660. The molecule has 0 spiro atoms. The van der Waals surface area contributed by atoms with Gasteiger partial charge in [-0.1, -0.05) is 6.92 Å². The number of carboxylic acids is 1. The third-order valence-electron chi connectivity index (χ3n) is 2.57. The molecular formula is C7H14N2O4S. The lowest BCUT2D eigenvalue weighted by Crippen LogP contribution is -2.56. The first kappa shape index (κ1) is 11.4. The maximum absolute atomic E-state index is 11.2. The monoisotopic (exact) mass is 222 g/mol. The van der Waals surface area contributed by atoms with Crippen LogP contribution in [0.5, 0.6) is 0 Å². The van der Waals surface area contributed by atoms with Crippen molar-refractivity contribution in [3.63, 3.8) is 0 Å². The predicted molar refractivity (Wildman–Crippen MR) is 49.8 cm³/mol. The van der Waals surface area contributed by atoms with E-state index in [-0.39, 0.29) is 19.0 Å². The van der Waals surface area contributed by atoms with Crippen LogP contribution in [0, 0.1) is 11.8 Å². The van der Waals surface area contributed by atoms with Gasteiger partial charge < -0.3 is 5.11 Å². The molecule has 0 radical (unpaired) electrons. The van der Waals surface area contributed by atoms with Gasteiger partial charge in [0.2, 0.25) is 0 Å². The largest absolute Gasteiger partial charge is 0.481 e. The van der Waals surface area contributed by atoms with Crippen LogP contribution < -0.4 is 4.72 Å². The average Bonchev–Trinajstić information content (AvgIpc) is 2.00. The molecule has 6 nitrogen and oxygen atoms in total. The molecule has 1 atom stereocenters. The molecule has 1 saturated heterocycles. The van der Waals surface area contributed by atoms with E-state index in [9.17, 15) is 13.2 Å². The van der Waals surface area contributed by atoms with E-state index >= 15 is 0 Å². The maximum Gasteiger partial charge on any atom is 0.306 e. The summed E-state index contributed by atoms with van der Waals surface area (Å²) in [6.45, 7) is 2.17. The fourth-order valence-corrected chi connectivity index (χ4v) is 2.35. The summed E-state index contributed by atoms with van der Waals surface area (Å²) in [7, 11) is -2.03. The smallest absolute Gasteiger partial charge is 0.306 e. The number of aliphatic carboxylic acids is 1. The highest BCUT2D eigenvalue weighted by Gasteiger charge is 2.40. The minimum Gasteiger partial charge on any atom is -0.481 e. The van der Waals surface area contributed by atoms with Gasteiger partial charge in [0.05, 0.1) is 5.92 Å². The Morgan fingerprint density at radius 1 is 1.57 bits per heavy atom. The first-order valence-corrected chi connectivity index (χ1v) is 5.74. The highest BCUT2D eigenvalue weighted by Crippen LogP contribution is 2.25. The van der Waals surface area contributed by atoms with Crippen LogP contribution in [0.2, 0.25) is 0 Å². The van der Waals surface area contributed by atoms with Crippen molar-refractivity contribution < 1.29 is 18.3 Å². The van der Waals surface area contributed by atoms with E-state index in [1.54, 1.807) is 6.92 Å². The van der Waals surface area contributed by atoms with Gasteiger partial charge in [0, 0.05) is 20.1 Å². The molecule has 1 heterocycles. The Kier molecular flexibility index (Phi) is 3.13. The standard InChI is InChI=1S/C7H14N2O4S/c1-5(7(10)11)6-3-9(4-6)14(12,13)8-2/h5-6,8H,3-4H2,1-2H3,(H,10,11). The molecule has 1 unspecified atom stereocenters. The summed E-state index contributed by atoms with van der Waals surface area (Å²) in [4.78, 5) is 10.6. The molecule has 0 amide bonds. The topological polar surface area (TPSA) is 86.7 Å². The molecule has 2 N–H and O–H groups in total. The highest BCUT2D eigenvalue weighted by atomic mass is 32.2. The zero-order valence-corrected chi connectivity index (χ0v) is 8.91. The van der Waals surface area contributed by atoms with E-state index < -0.39 is 22.1 Å². The fourth-order valence-electron chi connectivity index (χ4n) is 1.31. The van der Waals surface area contributed by atoms with Crippen LogP contribution in [0.15, 0.2) is 0 Å². The van der Waals surface area contributed by atoms with Crippen molar-refractivity contribution in [1.82, 2.24) is 9.03 Å². The Bertz CT molecular complexity index is 321. The van der Waals surface area contributed by atoms with Crippen LogP contribution in [0.3, 0.4) is 0 Å². The molecule has 0 aromatic heterocycles. The van der Waals surface area contributed by atoms with Crippen molar-refractivity contribution in [1.29, 1.82) is 0 Å². The second-order valence-corrected chi connectivity index (χ2v) is 5.29. The molecule has 7 heteroatoms. The molecule has 1 rings (SSSR count). The third-order valence-corrected chi connectivity index (χ3v) is 4.06. The van der Waals surface area contributed by atoms with Gasteiger partial charge in [0.15, 0.2) is 0 Å². The summed E-state index contributed by atoms with van der Waals surface area (Å²) >= 11 is 0. The van der Waals surface area contributed by atoms with Crippen LogP contribution >= 0.6 is 0 Å². The number of hydrogen-bond donors (Lipinski definition) is 2. The average molecular weight is 222 g/mol. The zero-order valence-electron chi connectivity index (χ0n) is 8.10. The second-order valence-electron chi connectivity index (χ2n) is 3.41. The zero-order chi connectivity index (χ0) is 10.9. The minimum atomic E-state index is -3.36. The lowest BCUT2D eigenvalue weighted by Gasteiger charge is -2.39. The lowest BCUT2D eigenvalue weighted by atomic mass is 9.89. The number of hydrogen-bond acceptors (Lipinski definition) is 3. The van der Waals surface area contributed by atoms with Gasteiger partial charge in [-0.05, 0) is 5.92 Å². The molecule has 0 bridgehead atoms. The predicted octanol–water partition coefficient (Wildman–Crippen LogP) is -0.897. The molecular weight excluding hydrogens is 208 g/mol. The number of nitrogens with one attached hydrogen (secondary N) is 1. The van der Waals surface area contributed by atoms with E-state index in [0.717, 1.165) is 0 Å². The van der Waals surface area contributed by atoms with E-state index in [1.807, 2.05) is 0 Å². The van der Waals surface area contributed by atoms with Crippen LogP contribution in [0.1, 0.15) is 6.92 Å². The van der Waals surface area contributed by atoms with Crippen LogP contribution in [0.4, 0.5) is 0 Å². The van der Waals surface area contributed by atoms with Gasteiger partial charge in [-0.15, -0.1) is 0 Å². The third kappa shape index (κ3) is 2.05. The van der Waals surface area contributed by atoms with Gasteiger partial charge >= 0.3 is 5.97 Å². The van der Waals surface area contributed by atoms with Crippen molar-refractivity contribution in [3.8, 4) is 0 Å². The second kappa shape index (κ2) is 3.84. The number of rotatable bonds is 4. The van der Waals surface area contributed by atoms with E-state index in [4.69, 9.17) is 5.11 Å². The summed E-state index contributed by atoms with van der Waals surface area (Å²) in [5.74, 6) is -1.44. The first-order chi connectivity index (χ1) is 6.38. The van der Waals surface area contributed by atoms with Crippen molar-refractivity contribution >= 4 is 16.2 Å². The quantitative estimate of drug-likeness (QED) is 0.645. The molecule has 0 aromatic carbocycles. The van der Waals surface area contributed by atoms with Crippen molar-refractivity contribution in [2.24, 2.45) is 11.8 Å². The van der Waals surface area contributed by atoms with Crippen molar-refractivity contribution in [2.45, 2.75) is 6.92 Å². The molecule has 82 valence electrons. The Balaban J connectivity index is 2.49.